The molecule has 1 fully saturated rings. The van der Waals surface area contributed by atoms with Crippen molar-refractivity contribution in [3.63, 3.8) is 0 Å². The third kappa shape index (κ3) is 4.38. The second kappa shape index (κ2) is 6.75. The average molecular weight is 271 g/mol. The van der Waals surface area contributed by atoms with E-state index in [4.69, 9.17) is 10.5 Å². The van der Waals surface area contributed by atoms with Crippen LogP contribution in [0.4, 0.5) is 14.6 Å². The lowest BCUT2D eigenvalue weighted by molar-refractivity contribution is 0.0183. The Balaban J connectivity index is 1.92. The van der Waals surface area contributed by atoms with E-state index in [-0.39, 0.29) is 6.61 Å². The van der Waals surface area contributed by atoms with Gasteiger partial charge in [0.1, 0.15) is 18.2 Å². The summed E-state index contributed by atoms with van der Waals surface area (Å²) in [6.45, 7) is -0.351. The van der Waals surface area contributed by atoms with Gasteiger partial charge in [0.05, 0.1) is 6.61 Å². The van der Waals surface area contributed by atoms with E-state index in [1.165, 1.54) is 12.8 Å². The van der Waals surface area contributed by atoms with Crippen molar-refractivity contribution in [3.8, 4) is 0 Å². The molecule has 1 aliphatic rings. The fourth-order valence-corrected chi connectivity index (χ4v) is 2.42. The molecule has 2 N–H and O–H groups in total. The van der Waals surface area contributed by atoms with Crippen molar-refractivity contribution in [2.45, 2.75) is 44.4 Å². The maximum Gasteiger partial charge on any atom is 0.261 e. The predicted octanol–water partition coefficient (Wildman–Crippen LogP) is 2.54. The zero-order valence-electron chi connectivity index (χ0n) is 10.8. The zero-order valence-corrected chi connectivity index (χ0v) is 10.8. The summed E-state index contributed by atoms with van der Waals surface area (Å²) >= 11 is 0. The summed E-state index contributed by atoms with van der Waals surface area (Å²) in [5.74, 6) is 1.49. The van der Waals surface area contributed by atoms with Crippen molar-refractivity contribution in [2.75, 3.05) is 18.9 Å². The molecule has 1 saturated carbocycles. The molecule has 0 spiro atoms. The van der Waals surface area contributed by atoms with Gasteiger partial charge in [-0.3, -0.25) is 0 Å². The Morgan fingerprint density at radius 1 is 1.32 bits per heavy atom. The van der Waals surface area contributed by atoms with Gasteiger partial charge in [-0.1, -0.05) is 12.8 Å². The summed E-state index contributed by atoms with van der Waals surface area (Å²) in [5, 5.41) is 0. The molecule has 4 nitrogen and oxygen atoms in total. The number of anilines is 1. The van der Waals surface area contributed by atoms with Crippen LogP contribution < -0.4 is 5.73 Å². The number of rotatable bonds is 6. The minimum Gasteiger partial charge on any atom is -0.384 e. The molecule has 1 heterocycles. The van der Waals surface area contributed by atoms with Gasteiger partial charge in [-0.2, -0.15) is 0 Å². The number of hydrogen-bond acceptors (Lipinski definition) is 4. The third-order valence-corrected chi connectivity index (χ3v) is 3.30. The fourth-order valence-electron chi connectivity index (χ4n) is 2.42. The van der Waals surface area contributed by atoms with Crippen molar-refractivity contribution >= 4 is 5.82 Å². The number of aromatic nitrogens is 2. The molecular weight excluding hydrogens is 252 g/mol. The van der Waals surface area contributed by atoms with Gasteiger partial charge in [0.25, 0.3) is 6.43 Å². The van der Waals surface area contributed by atoms with Gasteiger partial charge >= 0.3 is 0 Å². The van der Waals surface area contributed by atoms with Crippen LogP contribution >= 0.6 is 0 Å². The molecule has 0 saturated heterocycles. The van der Waals surface area contributed by atoms with Crippen LogP contribution in [-0.2, 0) is 11.2 Å². The molecule has 0 bridgehead atoms. The van der Waals surface area contributed by atoms with E-state index in [1.54, 1.807) is 0 Å². The maximum absolute atomic E-state index is 11.9. The van der Waals surface area contributed by atoms with Gasteiger partial charge < -0.3 is 10.5 Å². The lowest BCUT2D eigenvalue weighted by Gasteiger charge is -2.11. The van der Waals surface area contributed by atoms with Crippen molar-refractivity contribution in [2.24, 2.45) is 0 Å². The molecule has 1 aliphatic carbocycles. The molecule has 0 unspecified atom stereocenters. The van der Waals surface area contributed by atoms with Crippen molar-refractivity contribution in [3.05, 3.63) is 17.6 Å². The van der Waals surface area contributed by atoms with Crippen LogP contribution in [0.5, 0.6) is 0 Å². The molecule has 1 aromatic heterocycles. The predicted molar refractivity (Wildman–Crippen MR) is 68.2 cm³/mol. The number of nitrogen functional groups attached to an aromatic ring is 1. The molecule has 0 atom stereocenters. The summed E-state index contributed by atoms with van der Waals surface area (Å²) in [7, 11) is 0. The van der Waals surface area contributed by atoms with Crippen molar-refractivity contribution in [1.82, 2.24) is 9.97 Å². The van der Waals surface area contributed by atoms with Crippen molar-refractivity contribution < 1.29 is 13.5 Å². The van der Waals surface area contributed by atoms with Gasteiger partial charge in [-0.15, -0.1) is 0 Å². The highest BCUT2D eigenvalue weighted by molar-refractivity contribution is 5.31. The van der Waals surface area contributed by atoms with E-state index >= 15 is 0 Å². The number of ether oxygens (including phenoxy) is 1. The molecule has 0 radical (unpaired) electrons. The Bertz CT molecular complexity index is 409. The minimum atomic E-state index is -2.43. The standard InChI is InChI=1S/C13H19F2N3O/c14-11(15)8-19-6-5-13-17-10(7-12(16)18-13)9-3-1-2-4-9/h7,9,11H,1-6,8H2,(H2,16,17,18). The second-order valence-electron chi connectivity index (χ2n) is 4.83. The smallest absolute Gasteiger partial charge is 0.261 e. The molecule has 2 rings (SSSR count). The molecule has 1 aromatic rings. The van der Waals surface area contributed by atoms with Crippen LogP contribution in [0, 0.1) is 0 Å². The van der Waals surface area contributed by atoms with Crippen LogP contribution in [-0.4, -0.2) is 29.6 Å². The van der Waals surface area contributed by atoms with Crippen molar-refractivity contribution in [1.29, 1.82) is 0 Å². The SMILES string of the molecule is Nc1cc(C2CCCC2)nc(CCOCC(F)F)n1. The first kappa shape index (κ1) is 14.1. The van der Waals surface area contributed by atoms with Crippen LogP contribution in [0.25, 0.3) is 0 Å². The molecular formula is C13H19F2N3O. The van der Waals surface area contributed by atoms with E-state index in [1.807, 2.05) is 6.07 Å². The average Bonchev–Trinajstić information content (AvgIpc) is 2.87. The number of hydrogen-bond donors (Lipinski definition) is 1. The lowest BCUT2D eigenvalue weighted by Crippen LogP contribution is -2.11. The molecule has 19 heavy (non-hydrogen) atoms. The van der Waals surface area contributed by atoms with E-state index in [0.717, 1.165) is 18.5 Å². The quantitative estimate of drug-likeness (QED) is 0.808. The van der Waals surface area contributed by atoms with Gasteiger partial charge in [-0.05, 0) is 12.8 Å². The zero-order chi connectivity index (χ0) is 13.7. The molecule has 106 valence electrons. The van der Waals surface area contributed by atoms with Crippen LogP contribution in [0.1, 0.15) is 43.1 Å². The molecule has 0 aromatic carbocycles. The molecule has 6 heteroatoms. The normalized spacial score (nSPS) is 16.4. The summed E-state index contributed by atoms with van der Waals surface area (Å²) in [6, 6.07) is 1.82. The van der Waals surface area contributed by atoms with Gasteiger partial charge in [-0.25, -0.2) is 18.7 Å². The Morgan fingerprint density at radius 2 is 2.05 bits per heavy atom. The van der Waals surface area contributed by atoms with E-state index in [0.29, 0.717) is 24.0 Å². The number of nitrogens with two attached hydrogens (primary N) is 1. The topological polar surface area (TPSA) is 61.0 Å². The third-order valence-electron chi connectivity index (χ3n) is 3.30. The summed E-state index contributed by atoms with van der Waals surface area (Å²) in [6.07, 6.45) is 2.70. The Hall–Kier alpha value is -1.30. The lowest BCUT2D eigenvalue weighted by atomic mass is 10.0. The Kier molecular flexibility index (Phi) is 5.01. The summed E-state index contributed by atoms with van der Waals surface area (Å²) in [5.41, 5.74) is 6.75. The summed E-state index contributed by atoms with van der Waals surface area (Å²) < 4.78 is 28.7. The van der Waals surface area contributed by atoms with Crippen LogP contribution in [0.2, 0.25) is 0 Å². The number of halogens is 2. The van der Waals surface area contributed by atoms with E-state index in [2.05, 4.69) is 9.97 Å². The number of nitrogens with zero attached hydrogens (tertiary/aromatic N) is 2. The molecule has 0 aliphatic heterocycles. The second-order valence-corrected chi connectivity index (χ2v) is 4.83. The fraction of sp³-hybridized carbons (Fsp3) is 0.692. The van der Waals surface area contributed by atoms with E-state index in [9.17, 15) is 8.78 Å². The maximum atomic E-state index is 11.9. The molecule has 0 amide bonds. The highest BCUT2D eigenvalue weighted by Gasteiger charge is 2.19. The highest BCUT2D eigenvalue weighted by Crippen LogP contribution is 2.33. The van der Waals surface area contributed by atoms with Crippen LogP contribution in [0.3, 0.4) is 0 Å². The highest BCUT2D eigenvalue weighted by atomic mass is 19.3. The first-order valence-electron chi connectivity index (χ1n) is 6.64. The van der Waals surface area contributed by atoms with Gasteiger partial charge in [0.15, 0.2) is 0 Å². The summed E-state index contributed by atoms with van der Waals surface area (Å²) in [4.78, 5) is 8.59. The first-order valence-corrected chi connectivity index (χ1v) is 6.64. The number of alkyl halides is 2. The van der Waals surface area contributed by atoms with Gasteiger partial charge in [0, 0.05) is 24.1 Å². The van der Waals surface area contributed by atoms with Gasteiger partial charge in [0.2, 0.25) is 0 Å². The first-order chi connectivity index (χ1) is 9.15. The largest absolute Gasteiger partial charge is 0.384 e. The van der Waals surface area contributed by atoms with E-state index < -0.39 is 13.0 Å². The van der Waals surface area contributed by atoms with Crippen LogP contribution in [0.15, 0.2) is 6.07 Å². The Labute approximate surface area is 111 Å². The Morgan fingerprint density at radius 3 is 2.74 bits per heavy atom. The minimum absolute atomic E-state index is 0.192. The monoisotopic (exact) mass is 271 g/mol.